The number of fused-ring (bicyclic) bond motifs is 5. The number of aryl methyl sites for hydroxylation is 4. The summed E-state index contributed by atoms with van der Waals surface area (Å²) in [4.78, 5) is 7.67. The molecule has 0 saturated heterocycles. The highest BCUT2D eigenvalue weighted by atomic mass is 15.2. The van der Waals surface area contributed by atoms with E-state index >= 15 is 0 Å². The van der Waals surface area contributed by atoms with E-state index in [4.69, 9.17) is 0 Å². The lowest BCUT2D eigenvalue weighted by Crippen LogP contribution is -2.62. The molecule has 4 heteroatoms. The molecule has 1 aliphatic carbocycles. The van der Waals surface area contributed by atoms with Crippen LogP contribution in [0.4, 0.5) is 51.2 Å². The third-order valence-corrected chi connectivity index (χ3v) is 14.5. The normalized spacial score (nSPS) is 15.7. The third-order valence-electron chi connectivity index (χ3n) is 14.5. The van der Waals surface area contributed by atoms with Gasteiger partial charge in [0.05, 0.1) is 11.4 Å². The lowest BCUT2D eigenvalue weighted by Gasteiger charge is -2.48. The van der Waals surface area contributed by atoms with Gasteiger partial charge in [-0.2, -0.15) is 0 Å². The van der Waals surface area contributed by atoms with Gasteiger partial charge in [-0.15, -0.1) is 0 Å². The molecule has 3 nitrogen and oxygen atoms in total. The maximum atomic E-state index is 2.65. The first-order chi connectivity index (χ1) is 29.5. The molecule has 0 fully saturated rings. The van der Waals surface area contributed by atoms with Gasteiger partial charge in [-0.05, 0) is 167 Å². The molecule has 7 aromatic carbocycles. The Balaban J connectivity index is 1.32. The van der Waals surface area contributed by atoms with Crippen molar-refractivity contribution in [3.63, 3.8) is 0 Å². The number of hydrogen-bond donors (Lipinski definition) is 0. The molecule has 0 atom stereocenters. The van der Waals surface area contributed by atoms with E-state index in [0.29, 0.717) is 0 Å². The van der Waals surface area contributed by atoms with Crippen molar-refractivity contribution < 1.29 is 0 Å². The van der Waals surface area contributed by atoms with Crippen LogP contribution in [0.1, 0.15) is 100 Å². The van der Waals surface area contributed by atoms with Gasteiger partial charge >= 0.3 is 0 Å². The second-order valence-corrected chi connectivity index (χ2v) is 20.7. The van der Waals surface area contributed by atoms with E-state index in [0.717, 1.165) is 17.1 Å². The van der Waals surface area contributed by atoms with Crippen molar-refractivity contribution in [1.29, 1.82) is 0 Å². The largest absolute Gasteiger partial charge is 0.311 e. The zero-order valence-electron chi connectivity index (χ0n) is 38.6. The predicted octanol–water partition coefficient (Wildman–Crippen LogP) is 14.1. The highest BCUT2D eigenvalue weighted by Crippen LogP contribution is 2.52. The summed E-state index contributed by atoms with van der Waals surface area (Å²) in [6.45, 7) is 26.1. The van der Waals surface area contributed by atoms with Crippen LogP contribution in [0.5, 0.6) is 0 Å². The minimum Gasteiger partial charge on any atom is -0.311 e. The SMILES string of the molecule is Cc1cc(C(C)(C)C)cc(C)c1N1c2cc(N(c3ccccc3)c3ccccc3)ccc2B2c3cc4c(cc3N(c3c(C)cccc3C)c3cccc1c32)C(C)(C)CCC4(C)C. The molecule has 0 spiro atoms. The van der Waals surface area contributed by atoms with Crippen molar-refractivity contribution >= 4 is 74.3 Å². The van der Waals surface area contributed by atoms with E-state index < -0.39 is 0 Å². The molecular weight excluding hydrogens is 749 g/mol. The first kappa shape index (κ1) is 40.1. The summed E-state index contributed by atoms with van der Waals surface area (Å²) < 4.78 is 0. The fraction of sp³-hybridized carbons (Fsp3) is 0.276. The van der Waals surface area contributed by atoms with Gasteiger partial charge < -0.3 is 14.7 Å². The fourth-order valence-corrected chi connectivity index (χ4v) is 11.1. The van der Waals surface area contributed by atoms with Gasteiger partial charge in [-0.25, -0.2) is 0 Å². The molecule has 0 saturated carbocycles. The Bertz CT molecular complexity index is 2820. The fourth-order valence-electron chi connectivity index (χ4n) is 11.1. The number of hydrogen-bond acceptors (Lipinski definition) is 3. The molecule has 2 aliphatic heterocycles. The van der Waals surface area contributed by atoms with Gasteiger partial charge in [0.2, 0.25) is 0 Å². The van der Waals surface area contributed by atoms with Crippen molar-refractivity contribution in [3.8, 4) is 0 Å². The molecule has 0 aromatic heterocycles. The monoisotopic (exact) mass is 809 g/mol. The molecule has 0 bridgehead atoms. The van der Waals surface area contributed by atoms with E-state index in [2.05, 4.69) is 230 Å². The number of para-hydroxylation sites is 3. The maximum Gasteiger partial charge on any atom is 0.252 e. The summed E-state index contributed by atoms with van der Waals surface area (Å²) >= 11 is 0. The average Bonchev–Trinajstić information content (AvgIpc) is 3.24. The zero-order valence-corrected chi connectivity index (χ0v) is 38.6. The van der Waals surface area contributed by atoms with E-state index in [1.807, 2.05) is 0 Å². The van der Waals surface area contributed by atoms with Crippen molar-refractivity contribution in [3.05, 3.63) is 178 Å². The van der Waals surface area contributed by atoms with Crippen LogP contribution in [0.3, 0.4) is 0 Å². The molecule has 10 rings (SSSR count). The summed E-state index contributed by atoms with van der Waals surface area (Å²) in [7, 11) is 0. The summed E-state index contributed by atoms with van der Waals surface area (Å²) in [5, 5.41) is 0. The molecule has 62 heavy (non-hydrogen) atoms. The second-order valence-electron chi connectivity index (χ2n) is 20.7. The van der Waals surface area contributed by atoms with Gasteiger partial charge in [-0.1, -0.05) is 133 Å². The van der Waals surface area contributed by atoms with Crippen LogP contribution in [0, 0.1) is 27.7 Å². The van der Waals surface area contributed by atoms with Crippen molar-refractivity contribution in [2.75, 3.05) is 14.7 Å². The van der Waals surface area contributed by atoms with Crippen LogP contribution < -0.4 is 31.1 Å². The molecule has 7 aromatic rings. The molecule has 310 valence electrons. The summed E-state index contributed by atoms with van der Waals surface area (Å²) in [5.41, 5.74) is 24.7. The minimum absolute atomic E-state index is 0.0274. The highest BCUT2D eigenvalue weighted by molar-refractivity contribution is 7.00. The summed E-state index contributed by atoms with van der Waals surface area (Å²) in [6, 6.07) is 52.9. The Morgan fingerprint density at radius 3 is 1.48 bits per heavy atom. The Morgan fingerprint density at radius 1 is 0.468 bits per heavy atom. The predicted molar refractivity (Wildman–Crippen MR) is 268 cm³/mol. The Hall–Kier alpha value is -6.00. The maximum absolute atomic E-state index is 2.65. The van der Waals surface area contributed by atoms with E-state index in [-0.39, 0.29) is 23.0 Å². The summed E-state index contributed by atoms with van der Waals surface area (Å²) in [6.07, 6.45) is 2.34. The number of anilines is 9. The molecule has 3 aliphatic rings. The van der Waals surface area contributed by atoms with Crippen LogP contribution in [0.15, 0.2) is 140 Å². The number of benzene rings is 7. The molecule has 2 heterocycles. The highest BCUT2D eigenvalue weighted by Gasteiger charge is 2.47. The van der Waals surface area contributed by atoms with Crippen molar-refractivity contribution in [2.45, 2.75) is 105 Å². The standard InChI is InChI=1S/C58H60BN3/c1-37-20-18-21-38(2)54(37)62-50-27-19-26-49-53(50)59(48-35-45-46(36-52(48)62)58(10,11)31-30-57(45,8)9)47-29-28-44(60(42-22-14-12-15-23-42)43-24-16-13-17-25-43)34-51(47)61(49)55-39(3)32-41(33-40(55)4)56(5,6)7/h12-29,32-36H,30-31H2,1-11H3. The average molecular weight is 810 g/mol. The number of nitrogens with zero attached hydrogens (tertiary/aromatic N) is 3. The van der Waals surface area contributed by atoms with Crippen molar-refractivity contribution in [1.82, 2.24) is 0 Å². The number of rotatable bonds is 5. The summed E-state index contributed by atoms with van der Waals surface area (Å²) in [5.74, 6) is 0. The van der Waals surface area contributed by atoms with Gasteiger partial charge in [-0.3, -0.25) is 0 Å². The van der Waals surface area contributed by atoms with Gasteiger partial charge in [0.15, 0.2) is 0 Å². The lowest BCUT2D eigenvalue weighted by atomic mass is 9.33. The lowest BCUT2D eigenvalue weighted by molar-refractivity contribution is 0.332. The Kier molecular flexibility index (Phi) is 9.23. The van der Waals surface area contributed by atoms with E-state index in [1.165, 1.54) is 102 Å². The molecule has 0 amide bonds. The second kappa shape index (κ2) is 14.3. The minimum atomic E-state index is 0.0274. The Morgan fingerprint density at radius 2 is 0.952 bits per heavy atom. The van der Waals surface area contributed by atoms with Crippen LogP contribution in [0.25, 0.3) is 0 Å². The van der Waals surface area contributed by atoms with Gasteiger partial charge in [0.1, 0.15) is 0 Å². The quantitative estimate of drug-likeness (QED) is 0.160. The van der Waals surface area contributed by atoms with Crippen molar-refractivity contribution in [2.24, 2.45) is 0 Å². The first-order valence-corrected chi connectivity index (χ1v) is 22.7. The van der Waals surface area contributed by atoms with Crippen LogP contribution in [-0.2, 0) is 16.2 Å². The molecular formula is C58H60BN3. The smallest absolute Gasteiger partial charge is 0.252 e. The molecule has 0 unspecified atom stereocenters. The zero-order chi connectivity index (χ0) is 43.5. The van der Waals surface area contributed by atoms with Gasteiger partial charge in [0.25, 0.3) is 6.71 Å². The van der Waals surface area contributed by atoms with Crippen LogP contribution >= 0.6 is 0 Å². The van der Waals surface area contributed by atoms with E-state index in [9.17, 15) is 0 Å². The molecule has 0 radical (unpaired) electrons. The molecule has 0 N–H and O–H groups in total. The Labute approximate surface area is 371 Å². The van der Waals surface area contributed by atoms with Crippen LogP contribution in [0.2, 0.25) is 0 Å². The van der Waals surface area contributed by atoms with Crippen LogP contribution in [-0.4, -0.2) is 6.71 Å². The van der Waals surface area contributed by atoms with Gasteiger partial charge in [0, 0.05) is 39.8 Å². The third kappa shape index (κ3) is 6.23. The topological polar surface area (TPSA) is 9.72 Å². The first-order valence-electron chi connectivity index (χ1n) is 22.7. The van der Waals surface area contributed by atoms with E-state index in [1.54, 1.807) is 0 Å².